The van der Waals surface area contributed by atoms with Crippen LogP contribution in [0.4, 0.5) is 5.69 Å². The SMILES string of the molecule is Cc1ccc(C(C)NC(=O)COC(=O)Cn2c(=O)oc3cc([N+](=O)[O-])ccc32)cc1C. The van der Waals surface area contributed by atoms with Crippen molar-refractivity contribution in [1.82, 2.24) is 9.88 Å². The topological polar surface area (TPSA) is 134 Å². The Hall–Kier alpha value is -3.95. The predicted octanol–water partition coefficient (Wildman–Crippen LogP) is 2.54. The number of hydrogen-bond acceptors (Lipinski definition) is 7. The fourth-order valence-corrected chi connectivity index (χ4v) is 3.04. The minimum Gasteiger partial charge on any atom is -0.454 e. The van der Waals surface area contributed by atoms with Gasteiger partial charge in [0.1, 0.15) is 6.54 Å². The Morgan fingerprint density at radius 3 is 2.61 bits per heavy atom. The third-order valence-electron chi connectivity index (χ3n) is 4.92. The molecule has 10 nitrogen and oxygen atoms in total. The first-order valence-corrected chi connectivity index (χ1v) is 9.45. The van der Waals surface area contributed by atoms with Crippen LogP contribution in [0.5, 0.6) is 0 Å². The highest BCUT2D eigenvalue weighted by Gasteiger charge is 2.18. The fraction of sp³-hybridized carbons (Fsp3) is 0.286. The maximum absolute atomic E-state index is 12.1. The molecule has 0 spiro atoms. The van der Waals surface area contributed by atoms with Crippen molar-refractivity contribution in [2.45, 2.75) is 33.4 Å². The van der Waals surface area contributed by atoms with E-state index in [4.69, 9.17) is 9.15 Å². The number of hydrogen-bond donors (Lipinski definition) is 1. The summed E-state index contributed by atoms with van der Waals surface area (Å²) in [5.74, 6) is -2.17. The standard InChI is InChI=1S/C21H21N3O7/c1-12-4-5-15(8-13(12)2)14(3)22-19(25)11-30-20(26)10-23-17-7-6-16(24(28)29)9-18(17)31-21(23)27/h4-9,14H,10-11H2,1-3H3,(H,22,25). The summed E-state index contributed by atoms with van der Waals surface area (Å²) in [6.07, 6.45) is 0. The summed E-state index contributed by atoms with van der Waals surface area (Å²) in [6, 6.07) is 9.19. The Bertz CT molecular complexity index is 1230. The van der Waals surface area contributed by atoms with Gasteiger partial charge in [0.25, 0.3) is 11.6 Å². The molecule has 2 aromatic carbocycles. The molecule has 1 N–H and O–H groups in total. The number of aromatic nitrogens is 1. The van der Waals surface area contributed by atoms with Gasteiger partial charge in [0.05, 0.1) is 22.5 Å². The van der Waals surface area contributed by atoms with Crippen LogP contribution in [-0.2, 0) is 20.9 Å². The molecule has 31 heavy (non-hydrogen) atoms. The molecule has 3 rings (SSSR count). The summed E-state index contributed by atoms with van der Waals surface area (Å²) in [7, 11) is 0. The number of rotatable bonds is 7. The van der Waals surface area contributed by atoms with E-state index in [9.17, 15) is 24.5 Å². The molecule has 0 radical (unpaired) electrons. The summed E-state index contributed by atoms with van der Waals surface area (Å²) in [6.45, 7) is 4.79. The van der Waals surface area contributed by atoms with Gasteiger partial charge in [-0.2, -0.15) is 0 Å². The molecule has 0 aliphatic rings. The highest BCUT2D eigenvalue weighted by molar-refractivity contribution is 5.82. The van der Waals surface area contributed by atoms with Gasteiger partial charge < -0.3 is 14.5 Å². The first-order valence-electron chi connectivity index (χ1n) is 9.45. The van der Waals surface area contributed by atoms with Crippen molar-refractivity contribution in [3.8, 4) is 0 Å². The molecular weight excluding hydrogens is 406 g/mol. The second-order valence-electron chi connectivity index (χ2n) is 7.16. The molecule has 1 atom stereocenters. The van der Waals surface area contributed by atoms with Gasteiger partial charge in [-0.05, 0) is 43.5 Å². The largest absolute Gasteiger partial charge is 0.454 e. The van der Waals surface area contributed by atoms with E-state index in [0.717, 1.165) is 27.3 Å². The number of non-ortho nitro benzene ring substituents is 1. The van der Waals surface area contributed by atoms with E-state index >= 15 is 0 Å². The number of ether oxygens (including phenoxy) is 1. The quantitative estimate of drug-likeness (QED) is 0.348. The third kappa shape index (κ3) is 4.97. The van der Waals surface area contributed by atoms with E-state index in [1.165, 1.54) is 12.1 Å². The van der Waals surface area contributed by atoms with Crippen LogP contribution in [0.1, 0.15) is 29.7 Å². The van der Waals surface area contributed by atoms with Crippen LogP contribution in [0.15, 0.2) is 45.6 Å². The molecular formula is C21H21N3O7. The number of carbonyl (C=O) groups is 2. The van der Waals surface area contributed by atoms with Gasteiger partial charge in [-0.25, -0.2) is 4.79 Å². The van der Waals surface area contributed by atoms with E-state index in [-0.39, 0.29) is 22.8 Å². The number of nitro groups is 1. The molecule has 0 saturated carbocycles. The van der Waals surface area contributed by atoms with Gasteiger partial charge in [0.15, 0.2) is 12.2 Å². The molecule has 3 aromatic rings. The molecule has 0 aliphatic carbocycles. The lowest BCUT2D eigenvalue weighted by atomic mass is 10.0. The molecule has 0 fully saturated rings. The third-order valence-corrected chi connectivity index (χ3v) is 4.92. The lowest BCUT2D eigenvalue weighted by Gasteiger charge is -2.15. The molecule has 10 heteroatoms. The maximum atomic E-state index is 12.1. The molecule has 0 bridgehead atoms. The summed E-state index contributed by atoms with van der Waals surface area (Å²) in [5, 5.41) is 13.6. The minimum absolute atomic E-state index is 0.0213. The average molecular weight is 427 g/mol. The lowest BCUT2D eigenvalue weighted by Crippen LogP contribution is -2.32. The molecule has 1 amide bonds. The van der Waals surface area contributed by atoms with Crippen molar-refractivity contribution in [3.63, 3.8) is 0 Å². The van der Waals surface area contributed by atoms with Crippen LogP contribution in [0.25, 0.3) is 11.1 Å². The van der Waals surface area contributed by atoms with Crippen LogP contribution in [0, 0.1) is 24.0 Å². The van der Waals surface area contributed by atoms with Crippen molar-refractivity contribution < 1.29 is 23.7 Å². The highest BCUT2D eigenvalue weighted by Crippen LogP contribution is 2.20. The second kappa shape index (κ2) is 8.82. The van der Waals surface area contributed by atoms with Crippen molar-refractivity contribution in [2.75, 3.05) is 6.61 Å². The number of benzene rings is 2. The number of oxazole rings is 1. The minimum atomic E-state index is -0.861. The van der Waals surface area contributed by atoms with Crippen LogP contribution < -0.4 is 11.1 Å². The molecule has 1 heterocycles. The van der Waals surface area contributed by atoms with Crippen molar-refractivity contribution in [1.29, 1.82) is 0 Å². The predicted molar refractivity (Wildman–Crippen MR) is 111 cm³/mol. The Morgan fingerprint density at radius 1 is 1.19 bits per heavy atom. The lowest BCUT2D eigenvalue weighted by molar-refractivity contribution is -0.384. The van der Waals surface area contributed by atoms with Gasteiger partial charge in [-0.1, -0.05) is 18.2 Å². The van der Waals surface area contributed by atoms with Crippen LogP contribution in [0.3, 0.4) is 0 Å². The Balaban J connectivity index is 1.59. The fourth-order valence-electron chi connectivity index (χ4n) is 3.04. The monoisotopic (exact) mass is 427 g/mol. The first kappa shape index (κ1) is 21.8. The number of carbonyl (C=O) groups excluding carboxylic acids is 2. The van der Waals surface area contributed by atoms with Crippen molar-refractivity contribution in [2.24, 2.45) is 0 Å². The normalized spacial score (nSPS) is 11.8. The van der Waals surface area contributed by atoms with Gasteiger partial charge in [-0.3, -0.25) is 24.3 Å². The van der Waals surface area contributed by atoms with Crippen molar-refractivity contribution in [3.05, 3.63) is 73.8 Å². The van der Waals surface area contributed by atoms with Crippen LogP contribution >= 0.6 is 0 Å². The number of nitrogens with zero attached hydrogens (tertiary/aromatic N) is 2. The summed E-state index contributed by atoms with van der Waals surface area (Å²) in [4.78, 5) is 46.4. The highest BCUT2D eigenvalue weighted by atomic mass is 16.6. The molecule has 1 unspecified atom stereocenters. The first-order chi connectivity index (χ1) is 14.7. The van der Waals surface area contributed by atoms with Gasteiger partial charge >= 0.3 is 11.7 Å². The van der Waals surface area contributed by atoms with Gasteiger partial charge in [0, 0.05) is 6.07 Å². The van der Waals surface area contributed by atoms with Crippen molar-refractivity contribution >= 4 is 28.7 Å². The van der Waals surface area contributed by atoms with Crippen LogP contribution in [0.2, 0.25) is 0 Å². The summed E-state index contributed by atoms with van der Waals surface area (Å²) in [5.41, 5.74) is 3.12. The summed E-state index contributed by atoms with van der Waals surface area (Å²) >= 11 is 0. The van der Waals surface area contributed by atoms with E-state index in [1.54, 1.807) is 0 Å². The smallest absolute Gasteiger partial charge is 0.420 e. The summed E-state index contributed by atoms with van der Waals surface area (Å²) < 4.78 is 10.9. The number of aryl methyl sites for hydroxylation is 2. The molecule has 0 saturated heterocycles. The van der Waals surface area contributed by atoms with Gasteiger partial charge in [0.2, 0.25) is 0 Å². The van der Waals surface area contributed by atoms with E-state index in [2.05, 4.69) is 5.32 Å². The molecule has 162 valence electrons. The average Bonchev–Trinajstić information content (AvgIpc) is 3.02. The van der Waals surface area contributed by atoms with E-state index in [0.29, 0.717) is 0 Å². The number of nitrogens with one attached hydrogen (secondary N) is 1. The number of fused-ring (bicyclic) bond motifs is 1. The Labute approximate surface area is 176 Å². The number of esters is 1. The number of amides is 1. The molecule has 0 aliphatic heterocycles. The Morgan fingerprint density at radius 2 is 1.94 bits per heavy atom. The zero-order valence-corrected chi connectivity index (χ0v) is 17.2. The second-order valence-corrected chi connectivity index (χ2v) is 7.16. The Kier molecular flexibility index (Phi) is 6.19. The molecule has 1 aromatic heterocycles. The van der Waals surface area contributed by atoms with Gasteiger partial charge in [-0.15, -0.1) is 0 Å². The maximum Gasteiger partial charge on any atom is 0.420 e. The number of nitro benzene ring substituents is 1. The van der Waals surface area contributed by atoms with E-state index < -0.39 is 35.7 Å². The van der Waals surface area contributed by atoms with Crippen LogP contribution in [-0.4, -0.2) is 28.0 Å². The zero-order valence-electron chi connectivity index (χ0n) is 17.2. The van der Waals surface area contributed by atoms with E-state index in [1.807, 2.05) is 39.0 Å². The zero-order chi connectivity index (χ0) is 22.7.